The molecule has 1 N–H and O–H groups in total. The molecule has 1 nitrogen and oxygen atoms in total. The summed E-state index contributed by atoms with van der Waals surface area (Å²) < 4.78 is 0. The Balaban J connectivity index is 1.95. The molecular formula is C30H24OP+. The SMILES string of the molecule is Oc1ccccc1-c1ccccc1[P+](c1ccccc1)(c1ccccc1)c1ccccc1. The molecule has 5 aromatic rings. The van der Waals surface area contributed by atoms with Crippen LogP contribution in [0, 0.1) is 0 Å². The number of benzene rings is 5. The van der Waals surface area contributed by atoms with E-state index in [2.05, 4.69) is 115 Å². The first kappa shape index (κ1) is 20.2. The molecule has 154 valence electrons. The molecule has 5 aromatic carbocycles. The van der Waals surface area contributed by atoms with Crippen molar-refractivity contribution in [3.8, 4) is 16.9 Å². The molecule has 0 unspecified atom stereocenters. The lowest BCUT2D eigenvalue weighted by atomic mass is 10.0. The molecule has 0 saturated carbocycles. The molecule has 0 radical (unpaired) electrons. The van der Waals surface area contributed by atoms with Crippen molar-refractivity contribution < 1.29 is 5.11 Å². The zero-order chi connectivity index (χ0) is 21.8. The highest BCUT2D eigenvalue weighted by atomic mass is 31.2. The first-order chi connectivity index (χ1) is 15.8. The zero-order valence-electron chi connectivity index (χ0n) is 17.7. The topological polar surface area (TPSA) is 20.2 Å². The second-order valence-corrected chi connectivity index (χ2v) is 11.1. The summed E-state index contributed by atoms with van der Waals surface area (Å²) in [6, 6.07) is 48.6. The molecule has 0 heterocycles. The van der Waals surface area contributed by atoms with Gasteiger partial charge in [-0.3, -0.25) is 0 Å². The molecule has 0 aliphatic heterocycles. The predicted molar refractivity (Wildman–Crippen MR) is 138 cm³/mol. The highest BCUT2D eigenvalue weighted by Crippen LogP contribution is 2.56. The Morgan fingerprint density at radius 3 is 1.22 bits per heavy atom. The van der Waals surface area contributed by atoms with Crippen molar-refractivity contribution >= 4 is 28.5 Å². The summed E-state index contributed by atoms with van der Waals surface area (Å²) in [4.78, 5) is 0. The lowest BCUT2D eigenvalue weighted by molar-refractivity contribution is 0.477. The molecule has 0 fully saturated rings. The van der Waals surface area contributed by atoms with E-state index in [1.807, 2.05) is 18.2 Å². The first-order valence-corrected chi connectivity index (χ1v) is 12.5. The Morgan fingerprint density at radius 1 is 0.375 bits per heavy atom. The van der Waals surface area contributed by atoms with E-state index in [0.717, 1.165) is 11.1 Å². The van der Waals surface area contributed by atoms with Crippen molar-refractivity contribution in [1.29, 1.82) is 0 Å². The average Bonchev–Trinajstić information content (AvgIpc) is 2.87. The number of hydrogen-bond donors (Lipinski definition) is 1. The van der Waals surface area contributed by atoms with Crippen molar-refractivity contribution in [3.05, 3.63) is 140 Å². The Labute approximate surface area is 190 Å². The Morgan fingerprint density at radius 2 is 0.750 bits per heavy atom. The summed E-state index contributed by atoms with van der Waals surface area (Å²) >= 11 is 0. The standard InChI is InChI=1S/C30H23OP/c31-29-22-12-10-20-27(29)28-21-11-13-23-30(28)32(24-14-4-1-5-15-24,25-16-6-2-7-17-25)26-18-8-3-9-19-26/h1-23H/p+1. The van der Waals surface area contributed by atoms with Crippen molar-refractivity contribution in [3.63, 3.8) is 0 Å². The third-order valence-electron chi connectivity index (χ3n) is 5.89. The fourth-order valence-electron chi connectivity index (χ4n) is 4.51. The van der Waals surface area contributed by atoms with E-state index in [4.69, 9.17) is 0 Å². The summed E-state index contributed by atoms with van der Waals surface area (Å²) in [7, 11) is -2.24. The van der Waals surface area contributed by atoms with Crippen molar-refractivity contribution in [2.24, 2.45) is 0 Å². The Hall–Kier alpha value is -3.67. The van der Waals surface area contributed by atoms with Gasteiger partial charge in [0.2, 0.25) is 0 Å². The third-order valence-corrected chi connectivity index (χ3v) is 10.2. The molecular weight excluding hydrogens is 407 g/mol. The first-order valence-electron chi connectivity index (χ1n) is 10.8. The van der Waals surface area contributed by atoms with E-state index in [0.29, 0.717) is 5.75 Å². The van der Waals surface area contributed by atoms with Crippen LogP contribution in [-0.4, -0.2) is 5.11 Å². The maximum Gasteiger partial charge on any atom is 0.144 e. The maximum absolute atomic E-state index is 10.8. The van der Waals surface area contributed by atoms with Gasteiger partial charge in [-0.15, -0.1) is 0 Å². The summed E-state index contributed by atoms with van der Waals surface area (Å²) in [6.07, 6.45) is 0. The summed E-state index contributed by atoms with van der Waals surface area (Å²) in [6.45, 7) is 0. The Bertz CT molecular complexity index is 1220. The maximum atomic E-state index is 10.8. The zero-order valence-corrected chi connectivity index (χ0v) is 18.6. The Kier molecular flexibility index (Phi) is 5.58. The second-order valence-electron chi connectivity index (χ2n) is 7.71. The fraction of sp³-hybridized carbons (Fsp3) is 0. The van der Waals surface area contributed by atoms with E-state index >= 15 is 0 Å². The molecule has 0 aromatic heterocycles. The molecule has 0 saturated heterocycles. The van der Waals surface area contributed by atoms with Crippen LogP contribution in [-0.2, 0) is 0 Å². The molecule has 32 heavy (non-hydrogen) atoms. The number of rotatable bonds is 5. The van der Waals surface area contributed by atoms with Crippen LogP contribution in [0.5, 0.6) is 5.75 Å². The minimum atomic E-state index is -2.24. The highest BCUT2D eigenvalue weighted by Gasteiger charge is 2.49. The van der Waals surface area contributed by atoms with Gasteiger partial charge in [-0.05, 0) is 48.5 Å². The molecule has 2 heteroatoms. The van der Waals surface area contributed by atoms with Crippen LogP contribution in [0.15, 0.2) is 140 Å². The minimum absolute atomic E-state index is 0.298. The molecule has 5 rings (SSSR count). The second kappa shape index (κ2) is 8.83. The lowest BCUT2D eigenvalue weighted by Gasteiger charge is -2.29. The molecule has 0 amide bonds. The summed E-state index contributed by atoms with van der Waals surface area (Å²) in [5.41, 5.74) is 1.92. The number of phenolic OH excluding ortho intramolecular Hbond substituents is 1. The molecule has 0 spiro atoms. The molecule has 0 atom stereocenters. The van der Waals surface area contributed by atoms with Gasteiger partial charge in [0.15, 0.2) is 0 Å². The number of hydrogen-bond acceptors (Lipinski definition) is 1. The van der Waals surface area contributed by atoms with Gasteiger partial charge < -0.3 is 5.11 Å². The number of para-hydroxylation sites is 1. The van der Waals surface area contributed by atoms with Gasteiger partial charge in [0.25, 0.3) is 0 Å². The monoisotopic (exact) mass is 431 g/mol. The van der Waals surface area contributed by atoms with Crippen LogP contribution in [0.4, 0.5) is 0 Å². The largest absolute Gasteiger partial charge is 0.507 e. The van der Waals surface area contributed by atoms with Gasteiger partial charge in [0.05, 0.1) is 0 Å². The van der Waals surface area contributed by atoms with E-state index in [9.17, 15) is 5.11 Å². The van der Waals surface area contributed by atoms with E-state index in [1.54, 1.807) is 6.07 Å². The van der Waals surface area contributed by atoms with E-state index in [-0.39, 0.29) is 0 Å². The smallest absolute Gasteiger partial charge is 0.144 e. The van der Waals surface area contributed by atoms with E-state index < -0.39 is 7.26 Å². The molecule has 0 bridgehead atoms. The number of phenols is 1. The minimum Gasteiger partial charge on any atom is -0.507 e. The predicted octanol–water partition coefficient (Wildman–Crippen LogP) is 5.68. The quantitative estimate of drug-likeness (QED) is 0.355. The van der Waals surface area contributed by atoms with E-state index in [1.165, 1.54) is 21.2 Å². The number of aromatic hydroxyl groups is 1. The highest BCUT2D eigenvalue weighted by molar-refractivity contribution is 8.01. The van der Waals surface area contributed by atoms with Gasteiger partial charge in [-0.1, -0.05) is 91.0 Å². The van der Waals surface area contributed by atoms with Crippen LogP contribution in [0.3, 0.4) is 0 Å². The van der Waals surface area contributed by atoms with Crippen LogP contribution in [0.1, 0.15) is 0 Å². The van der Waals surface area contributed by atoms with Crippen molar-refractivity contribution in [1.82, 2.24) is 0 Å². The van der Waals surface area contributed by atoms with Gasteiger partial charge in [0, 0.05) is 11.1 Å². The van der Waals surface area contributed by atoms with Crippen molar-refractivity contribution in [2.45, 2.75) is 0 Å². The molecule has 0 aliphatic rings. The third kappa shape index (κ3) is 3.42. The lowest BCUT2D eigenvalue weighted by Crippen LogP contribution is -2.39. The molecule has 0 aliphatic carbocycles. The van der Waals surface area contributed by atoms with Crippen LogP contribution < -0.4 is 21.2 Å². The van der Waals surface area contributed by atoms with Gasteiger partial charge in [0.1, 0.15) is 34.2 Å². The van der Waals surface area contributed by atoms with Gasteiger partial charge >= 0.3 is 0 Å². The van der Waals surface area contributed by atoms with Gasteiger partial charge in [-0.2, -0.15) is 0 Å². The average molecular weight is 431 g/mol. The normalized spacial score (nSPS) is 11.2. The van der Waals surface area contributed by atoms with Crippen LogP contribution in [0.2, 0.25) is 0 Å². The van der Waals surface area contributed by atoms with Crippen LogP contribution in [0.25, 0.3) is 11.1 Å². The van der Waals surface area contributed by atoms with Crippen molar-refractivity contribution in [2.75, 3.05) is 0 Å². The van der Waals surface area contributed by atoms with Crippen LogP contribution >= 0.6 is 7.26 Å². The summed E-state index contributed by atoms with van der Waals surface area (Å²) in [5, 5.41) is 15.9. The summed E-state index contributed by atoms with van der Waals surface area (Å²) in [5.74, 6) is 0.298. The van der Waals surface area contributed by atoms with Gasteiger partial charge in [-0.25, -0.2) is 0 Å². The fourth-order valence-corrected chi connectivity index (χ4v) is 8.97.